The minimum atomic E-state index is -1.68. The third-order valence-corrected chi connectivity index (χ3v) is 11.8. The summed E-state index contributed by atoms with van der Waals surface area (Å²) in [6.45, 7) is 18.8. The number of furan rings is 1. The van der Waals surface area contributed by atoms with E-state index < -0.39 is 8.07 Å². The summed E-state index contributed by atoms with van der Waals surface area (Å²) >= 11 is 0. The number of fused-ring (bicyclic) bond motifs is 1. The van der Waals surface area contributed by atoms with Crippen molar-refractivity contribution < 1.29 is 4.42 Å². The number of aryl methyl sites for hydroxylation is 1. The van der Waals surface area contributed by atoms with Crippen molar-refractivity contribution in [2.45, 2.75) is 65.7 Å². The molecule has 4 rings (SSSR count). The van der Waals surface area contributed by atoms with Gasteiger partial charge < -0.3 is 4.42 Å². The van der Waals surface area contributed by atoms with Gasteiger partial charge in [-0.25, -0.2) is 0 Å². The van der Waals surface area contributed by atoms with E-state index in [0.29, 0.717) is 11.1 Å². The zero-order valence-electron chi connectivity index (χ0n) is 18.5. The molecular weight excluding hydrogens is 356 g/mol. The molecule has 0 amide bonds. The van der Waals surface area contributed by atoms with E-state index in [-0.39, 0.29) is 0 Å². The summed E-state index contributed by atoms with van der Waals surface area (Å²) in [7, 11) is -1.68. The second kappa shape index (κ2) is 6.49. The smallest absolute Gasteiger partial charge is 0.134 e. The highest BCUT2D eigenvalue weighted by Gasteiger charge is 2.46. The van der Waals surface area contributed by atoms with Crippen LogP contribution < -0.4 is 0 Å². The van der Waals surface area contributed by atoms with Gasteiger partial charge in [0.15, 0.2) is 0 Å². The van der Waals surface area contributed by atoms with Crippen molar-refractivity contribution in [3.05, 3.63) is 75.6 Å². The van der Waals surface area contributed by atoms with Crippen LogP contribution in [0.5, 0.6) is 0 Å². The molecule has 1 heterocycles. The molecule has 0 fully saturated rings. The predicted octanol–water partition coefficient (Wildman–Crippen LogP) is 8.06. The molecule has 0 spiro atoms. The molecular formula is C26H32OSi. The van der Waals surface area contributed by atoms with Crippen LogP contribution >= 0.6 is 0 Å². The first kappa shape index (κ1) is 19.3. The van der Waals surface area contributed by atoms with E-state index >= 15 is 0 Å². The lowest BCUT2D eigenvalue weighted by Gasteiger charge is -2.38. The summed E-state index contributed by atoms with van der Waals surface area (Å²) < 4.78 is 6.00. The molecule has 0 N–H and O–H groups in total. The molecule has 0 saturated heterocycles. The van der Waals surface area contributed by atoms with Gasteiger partial charge in [0.1, 0.15) is 11.5 Å². The van der Waals surface area contributed by atoms with Crippen molar-refractivity contribution in [3.63, 3.8) is 0 Å². The summed E-state index contributed by atoms with van der Waals surface area (Å²) in [4.78, 5) is 0. The third kappa shape index (κ3) is 2.65. The van der Waals surface area contributed by atoms with Crippen molar-refractivity contribution in [1.82, 2.24) is 0 Å². The van der Waals surface area contributed by atoms with Crippen LogP contribution in [-0.4, -0.2) is 8.07 Å². The highest BCUT2D eigenvalue weighted by atomic mass is 28.3. The van der Waals surface area contributed by atoms with Gasteiger partial charge in [0.25, 0.3) is 0 Å². The number of allylic oxidation sites excluding steroid dienone is 6. The van der Waals surface area contributed by atoms with Crippen LogP contribution in [0.3, 0.4) is 0 Å². The molecule has 1 nitrogen and oxygen atoms in total. The zero-order chi connectivity index (χ0) is 20.4. The minimum Gasteiger partial charge on any atom is -0.461 e. The number of hydrogen-bond donors (Lipinski definition) is 0. The maximum Gasteiger partial charge on any atom is 0.134 e. The molecule has 2 heteroatoms. The maximum absolute atomic E-state index is 6.00. The van der Waals surface area contributed by atoms with Crippen LogP contribution in [0.15, 0.2) is 63.1 Å². The van der Waals surface area contributed by atoms with Crippen LogP contribution in [0.4, 0.5) is 0 Å². The van der Waals surface area contributed by atoms with E-state index in [9.17, 15) is 0 Å². The summed E-state index contributed by atoms with van der Waals surface area (Å²) in [5, 5.41) is 0. The van der Waals surface area contributed by atoms with Crippen LogP contribution in [0.1, 0.15) is 57.0 Å². The molecule has 0 aliphatic heterocycles. The van der Waals surface area contributed by atoms with Crippen molar-refractivity contribution in [2.24, 2.45) is 0 Å². The summed E-state index contributed by atoms with van der Waals surface area (Å²) in [5.74, 6) is 1.96. The van der Waals surface area contributed by atoms with Crippen molar-refractivity contribution >= 4 is 13.6 Å². The Kier molecular flexibility index (Phi) is 4.46. The van der Waals surface area contributed by atoms with Crippen LogP contribution in [0, 0.1) is 6.92 Å². The standard InChI is InChI=1S/C26H32OSi/c1-15-14-24(28(7,8)26-19(5)17(3)18(4)20(26)6)22-11-9-10-21(25(15)22)23-13-12-16(2)27-23/h9-14,24,26H,1-8H3. The fourth-order valence-electron chi connectivity index (χ4n) is 5.74. The highest BCUT2D eigenvalue weighted by molar-refractivity contribution is 6.82. The number of hydrogen-bond acceptors (Lipinski definition) is 1. The lowest BCUT2D eigenvalue weighted by atomic mass is 9.98. The van der Waals surface area contributed by atoms with Crippen LogP contribution in [-0.2, 0) is 0 Å². The van der Waals surface area contributed by atoms with Gasteiger partial charge in [-0.2, -0.15) is 0 Å². The third-order valence-electron chi connectivity index (χ3n) is 7.41. The van der Waals surface area contributed by atoms with Crippen molar-refractivity contribution in [1.29, 1.82) is 0 Å². The molecule has 0 radical (unpaired) electrons. The first-order valence-corrected chi connectivity index (χ1v) is 13.5. The van der Waals surface area contributed by atoms with Gasteiger partial charge in [0, 0.05) is 5.56 Å². The van der Waals surface area contributed by atoms with Gasteiger partial charge in [0.05, 0.1) is 8.07 Å². The van der Waals surface area contributed by atoms with Gasteiger partial charge in [0.2, 0.25) is 0 Å². The molecule has 1 aromatic heterocycles. The predicted molar refractivity (Wildman–Crippen MR) is 123 cm³/mol. The van der Waals surface area contributed by atoms with E-state index in [1.165, 1.54) is 33.4 Å². The molecule has 1 aromatic carbocycles. The summed E-state index contributed by atoms with van der Waals surface area (Å²) in [6, 6.07) is 11.0. The maximum atomic E-state index is 6.00. The molecule has 146 valence electrons. The largest absolute Gasteiger partial charge is 0.461 e. The summed E-state index contributed by atoms with van der Waals surface area (Å²) in [6.07, 6.45) is 2.56. The Morgan fingerprint density at radius 3 is 2.04 bits per heavy atom. The Morgan fingerprint density at radius 2 is 1.46 bits per heavy atom. The Balaban J connectivity index is 1.84. The van der Waals surface area contributed by atoms with E-state index in [1.54, 1.807) is 11.1 Å². The van der Waals surface area contributed by atoms with E-state index in [4.69, 9.17) is 4.42 Å². The Hall–Kier alpha value is -2.06. The van der Waals surface area contributed by atoms with E-state index in [2.05, 4.69) is 84.1 Å². The van der Waals surface area contributed by atoms with Crippen molar-refractivity contribution in [2.75, 3.05) is 0 Å². The fourth-order valence-corrected chi connectivity index (χ4v) is 10.5. The Morgan fingerprint density at radius 1 is 0.821 bits per heavy atom. The minimum absolute atomic E-state index is 0.534. The van der Waals surface area contributed by atoms with Crippen molar-refractivity contribution in [3.8, 4) is 11.3 Å². The first-order valence-electron chi connectivity index (χ1n) is 10.4. The van der Waals surface area contributed by atoms with Gasteiger partial charge in [-0.05, 0) is 92.6 Å². The van der Waals surface area contributed by atoms with E-state index in [1.807, 2.05) is 6.92 Å². The highest BCUT2D eigenvalue weighted by Crippen LogP contribution is 2.54. The first-order chi connectivity index (χ1) is 13.1. The second-order valence-electron chi connectivity index (χ2n) is 9.38. The van der Waals surface area contributed by atoms with Gasteiger partial charge >= 0.3 is 0 Å². The second-order valence-corrected chi connectivity index (χ2v) is 14.2. The SMILES string of the molecule is CC1=CC([Si](C)(C)C2C(C)=C(C)C(C)=C2C)c2cccc(-c3ccc(C)o3)c21. The van der Waals surface area contributed by atoms with E-state index in [0.717, 1.165) is 11.5 Å². The average molecular weight is 389 g/mol. The van der Waals surface area contributed by atoms with Crippen LogP contribution in [0.2, 0.25) is 18.6 Å². The van der Waals surface area contributed by atoms with Gasteiger partial charge in [-0.15, -0.1) is 0 Å². The normalized spacial score (nSPS) is 20.3. The topological polar surface area (TPSA) is 13.1 Å². The van der Waals surface area contributed by atoms with Gasteiger partial charge in [-0.1, -0.05) is 48.5 Å². The van der Waals surface area contributed by atoms with Crippen LogP contribution in [0.25, 0.3) is 16.9 Å². The quantitative estimate of drug-likeness (QED) is 0.485. The van der Waals surface area contributed by atoms with Gasteiger partial charge in [-0.3, -0.25) is 0 Å². The summed E-state index contributed by atoms with van der Waals surface area (Å²) in [5.41, 5.74) is 12.9. The average Bonchev–Trinajstić information content (AvgIpc) is 3.28. The molecule has 2 aromatic rings. The molecule has 0 saturated carbocycles. The molecule has 1 atom stereocenters. The lowest BCUT2D eigenvalue weighted by Crippen LogP contribution is -2.39. The lowest BCUT2D eigenvalue weighted by molar-refractivity contribution is 0.548. The Bertz CT molecular complexity index is 1030. The number of rotatable bonds is 3. The monoisotopic (exact) mass is 388 g/mol. The molecule has 0 bridgehead atoms. The number of benzene rings is 1. The zero-order valence-corrected chi connectivity index (χ0v) is 19.5. The Labute approximate surface area is 170 Å². The fraction of sp³-hybridized carbons (Fsp3) is 0.385. The molecule has 28 heavy (non-hydrogen) atoms. The molecule has 1 unspecified atom stereocenters. The molecule has 2 aliphatic carbocycles. The molecule has 2 aliphatic rings.